The molecular weight excluding hydrogens is 584 g/mol. The topological polar surface area (TPSA) is 110 Å². The fraction of sp³-hybridized carbons (Fsp3) is 0.571. The summed E-state index contributed by atoms with van der Waals surface area (Å²) >= 11 is 0. The zero-order valence-electron chi connectivity index (χ0n) is 28.3. The average Bonchev–Trinajstić information content (AvgIpc) is 3.88. The first-order valence-electron chi connectivity index (χ1n) is 16.4. The third kappa shape index (κ3) is 6.21. The van der Waals surface area contributed by atoms with Crippen molar-refractivity contribution >= 4 is 29.1 Å². The molecular formula is C35H48N6O5. The number of anilines is 1. The lowest BCUT2D eigenvalue weighted by Crippen LogP contribution is -2.44. The first-order valence-corrected chi connectivity index (χ1v) is 16.4. The maximum Gasteiger partial charge on any atom is 0.338 e. The fourth-order valence-corrected chi connectivity index (χ4v) is 7.23. The number of aryl methyl sites for hydroxylation is 1. The highest BCUT2D eigenvalue weighted by atomic mass is 16.6. The van der Waals surface area contributed by atoms with Crippen molar-refractivity contribution in [1.82, 2.24) is 24.4 Å². The average molecular weight is 633 g/mol. The Hall–Kier alpha value is -3.99. The van der Waals surface area contributed by atoms with Gasteiger partial charge in [0.25, 0.3) is 5.91 Å². The van der Waals surface area contributed by atoms with E-state index >= 15 is 0 Å². The van der Waals surface area contributed by atoms with Gasteiger partial charge in [-0.1, -0.05) is 51.1 Å². The number of rotatable bonds is 7. The third-order valence-corrected chi connectivity index (χ3v) is 10.2. The Bertz CT molecular complexity index is 1590. The number of benzene rings is 1. The van der Waals surface area contributed by atoms with E-state index in [-0.39, 0.29) is 34.9 Å². The number of hydrogen-bond acceptors (Lipinski definition) is 8. The Kier molecular flexibility index (Phi) is 9.45. The summed E-state index contributed by atoms with van der Waals surface area (Å²) in [4.78, 5) is 49.6. The number of carbonyl (C=O) groups is 3. The molecule has 5 heterocycles. The van der Waals surface area contributed by atoms with Gasteiger partial charge in [0.1, 0.15) is 0 Å². The van der Waals surface area contributed by atoms with Gasteiger partial charge < -0.3 is 24.2 Å². The van der Waals surface area contributed by atoms with Crippen LogP contribution in [0.4, 0.5) is 5.69 Å². The lowest BCUT2D eigenvalue weighted by Gasteiger charge is -2.28. The van der Waals surface area contributed by atoms with Gasteiger partial charge in [0.15, 0.2) is 11.2 Å². The van der Waals surface area contributed by atoms with Crippen LogP contribution in [0.5, 0.6) is 0 Å². The highest BCUT2D eigenvalue weighted by molar-refractivity contribution is 5.91. The third-order valence-electron chi connectivity index (χ3n) is 10.2. The first-order chi connectivity index (χ1) is 22.0. The van der Waals surface area contributed by atoms with Crippen molar-refractivity contribution in [3.05, 3.63) is 59.5 Å². The fourth-order valence-electron chi connectivity index (χ4n) is 7.23. The van der Waals surface area contributed by atoms with Crippen LogP contribution in [-0.4, -0.2) is 101 Å². The molecule has 2 aromatic heterocycles. The largest absolute Gasteiger partial charge is 0.467 e. The Morgan fingerprint density at radius 2 is 1.63 bits per heavy atom. The van der Waals surface area contributed by atoms with E-state index in [1.807, 2.05) is 31.9 Å². The Morgan fingerprint density at radius 3 is 2.30 bits per heavy atom. The Balaban J connectivity index is 0.00000204. The summed E-state index contributed by atoms with van der Waals surface area (Å²) in [5.41, 5.74) is 2.64. The molecule has 248 valence electrons. The van der Waals surface area contributed by atoms with Gasteiger partial charge in [-0.2, -0.15) is 0 Å². The van der Waals surface area contributed by atoms with E-state index in [9.17, 15) is 14.4 Å². The van der Waals surface area contributed by atoms with E-state index in [0.29, 0.717) is 31.8 Å². The minimum atomic E-state index is -1.33. The molecule has 6 rings (SSSR count). The second-order valence-electron chi connectivity index (χ2n) is 13.3. The number of amides is 2. The van der Waals surface area contributed by atoms with Crippen LogP contribution in [-0.2, 0) is 24.5 Å². The molecule has 3 fully saturated rings. The minimum Gasteiger partial charge on any atom is -0.467 e. The number of ether oxygens (including phenoxy) is 2. The maximum atomic E-state index is 13.6. The molecule has 0 aliphatic carbocycles. The van der Waals surface area contributed by atoms with Gasteiger partial charge in [0.2, 0.25) is 11.7 Å². The molecule has 3 aromatic rings. The molecule has 3 saturated heterocycles. The van der Waals surface area contributed by atoms with Gasteiger partial charge in [-0.3, -0.25) is 9.59 Å². The van der Waals surface area contributed by atoms with Crippen molar-refractivity contribution in [1.29, 1.82) is 0 Å². The van der Waals surface area contributed by atoms with Gasteiger partial charge in [0.05, 0.1) is 25.4 Å². The second kappa shape index (κ2) is 13.0. The van der Waals surface area contributed by atoms with Gasteiger partial charge in [-0.15, -0.1) is 5.10 Å². The molecule has 46 heavy (non-hydrogen) atoms. The van der Waals surface area contributed by atoms with Crippen molar-refractivity contribution in [2.75, 3.05) is 58.4 Å². The monoisotopic (exact) mass is 632 g/mol. The lowest BCUT2D eigenvalue weighted by molar-refractivity contribution is -0.168. The van der Waals surface area contributed by atoms with Crippen LogP contribution in [0.3, 0.4) is 0 Å². The van der Waals surface area contributed by atoms with E-state index in [1.165, 1.54) is 19.8 Å². The first kappa shape index (κ1) is 33.4. The van der Waals surface area contributed by atoms with Crippen LogP contribution in [0.2, 0.25) is 0 Å². The number of likely N-dealkylation sites (tertiary alicyclic amines) is 2. The van der Waals surface area contributed by atoms with E-state index in [4.69, 9.17) is 9.47 Å². The van der Waals surface area contributed by atoms with Gasteiger partial charge in [-0.25, -0.2) is 14.3 Å². The summed E-state index contributed by atoms with van der Waals surface area (Å²) in [6.07, 6.45) is 4.54. The van der Waals surface area contributed by atoms with Crippen molar-refractivity contribution in [3.8, 4) is 0 Å². The quantitative estimate of drug-likeness (QED) is 0.356. The molecule has 1 unspecified atom stereocenters. The molecule has 11 nitrogen and oxygen atoms in total. The standard InChI is InChI=1S/C33H42N6O5.C2H6/c1-23-17-25(36-14-11-31(2,20-36)24-9-7-6-8-10-24)19-39-28(23)34-27(35-39)29(41)38-16-13-33(22-38)12-15-37(21-33)26(40)18-32(3,44-5)30(42)43-4;1-2/h6-10,17,19H,11-16,18,20-22H2,1-5H3;1-2H3/t31-,32?,33+;/m0./s1. The zero-order chi connectivity index (χ0) is 33.3. The van der Waals surface area contributed by atoms with E-state index < -0.39 is 11.6 Å². The van der Waals surface area contributed by atoms with Crippen molar-refractivity contribution < 1.29 is 23.9 Å². The zero-order valence-corrected chi connectivity index (χ0v) is 28.3. The van der Waals surface area contributed by atoms with E-state index in [1.54, 1.807) is 16.3 Å². The van der Waals surface area contributed by atoms with Gasteiger partial charge in [0, 0.05) is 57.2 Å². The van der Waals surface area contributed by atoms with E-state index in [2.05, 4.69) is 58.3 Å². The summed E-state index contributed by atoms with van der Waals surface area (Å²) in [6, 6.07) is 12.8. The molecule has 0 radical (unpaired) electrons. The normalized spacial score (nSPS) is 23.8. The number of hydrogen-bond donors (Lipinski definition) is 0. The van der Waals surface area contributed by atoms with E-state index in [0.717, 1.165) is 43.6 Å². The summed E-state index contributed by atoms with van der Waals surface area (Å²) in [6.45, 7) is 14.0. The molecule has 3 aliphatic rings. The number of esters is 1. The minimum absolute atomic E-state index is 0.0740. The molecule has 0 bridgehead atoms. The van der Waals surface area contributed by atoms with Gasteiger partial charge in [-0.05, 0) is 50.3 Å². The van der Waals surface area contributed by atoms with Crippen molar-refractivity contribution in [2.45, 2.75) is 71.3 Å². The Morgan fingerprint density at radius 1 is 0.957 bits per heavy atom. The highest BCUT2D eigenvalue weighted by Gasteiger charge is 2.48. The SMILES string of the molecule is CC.COC(=O)C(C)(CC(=O)N1CC[C@@]2(CCN(C(=O)c3nc4c(C)cc(N5CC[C@](C)(c6ccccc6)C5)cn4n3)C2)C1)OC. The number of pyridine rings is 1. The summed E-state index contributed by atoms with van der Waals surface area (Å²) in [5, 5.41) is 4.64. The van der Waals surface area contributed by atoms with Crippen LogP contribution >= 0.6 is 0 Å². The van der Waals surface area contributed by atoms with Crippen molar-refractivity contribution in [2.24, 2.45) is 5.41 Å². The maximum absolute atomic E-state index is 13.6. The predicted octanol–water partition coefficient (Wildman–Crippen LogP) is 4.26. The van der Waals surface area contributed by atoms with Crippen LogP contribution < -0.4 is 4.90 Å². The molecule has 1 aromatic carbocycles. The molecule has 3 atom stereocenters. The number of methoxy groups -OCH3 is 2. The molecule has 11 heteroatoms. The van der Waals surface area contributed by atoms with Crippen molar-refractivity contribution in [3.63, 3.8) is 0 Å². The molecule has 0 N–H and O–H groups in total. The highest BCUT2D eigenvalue weighted by Crippen LogP contribution is 2.41. The van der Waals surface area contributed by atoms with Crippen LogP contribution in [0.15, 0.2) is 42.6 Å². The summed E-state index contributed by atoms with van der Waals surface area (Å²) < 4.78 is 11.9. The number of nitrogens with zero attached hydrogens (tertiary/aromatic N) is 6. The van der Waals surface area contributed by atoms with Crippen LogP contribution in [0, 0.1) is 12.3 Å². The molecule has 1 spiro atoms. The van der Waals surface area contributed by atoms with Crippen LogP contribution in [0.1, 0.15) is 75.1 Å². The second-order valence-corrected chi connectivity index (χ2v) is 13.3. The predicted molar refractivity (Wildman–Crippen MR) is 176 cm³/mol. The van der Waals surface area contributed by atoms with Crippen LogP contribution in [0.25, 0.3) is 5.65 Å². The summed E-state index contributed by atoms with van der Waals surface area (Å²) in [5.74, 6) is -0.727. The molecule has 2 amide bonds. The number of aromatic nitrogens is 3. The Labute approximate surface area is 271 Å². The smallest absolute Gasteiger partial charge is 0.338 e. The summed E-state index contributed by atoms with van der Waals surface area (Å²) in [7, 11) is 2.69. The molecule has 0 saturated carbocycles. The number of fused-ring (bicyclic) bond motifs is 1. The lowest BCUT2D eigenvalue weighted by atomic mass is 9.82. The van der Waals surface area contributed by atoms with Gasteiger partial charge >= 0.3 is 5.97 Å². The number of carbonyl (C=O) groups excluding carboxylic acids is 3. The molecule has 3 aliphatic heterocycles.